The lowest BCUT2D eigenvalue weighted by Crippen LogP contribution is -2.27. The van der Waals surface area contributed by atoms with Crippen LogP contribution in [0.3, 0.4) is 0 Å². The molecule has 72 valence electrons. The van der Waals surface area contributed by atoms with Crippen LogP contribution in [0, 0.1) is 0 Å². The Morgan fingerprint density at radius 3 is 2.31 bits per heavy atom. The maximum absolute atomic E-state index is 12.9. The van der Waals surface area contributed by atoms with E-state index in [-0.39, 0.29) is 5.56 Å². The Labute approximate surface area is 83.5 Å². The second-order valence-corrected chi connectivity index (χ2v) is 3.27. The summed E-state index contributed by atoms with van der Waals surface area (Å²) in [6, 6.07) is 7.89. The third kappa shape index (κ3) is 2.48. The molecule has 0 spiro atoms. The van der Waals surface area contributed by atoms with Crippen LogP contribution in [0.25, 0.3) is 0 Å². The van der Waals surface area contributed by atoms with Gasteiger partial charge in [-0.15, -0.1) is 0 Å². The molecule has 0 fully saturated rings. The molecule has 4 heteroatoms. The first kappa shape index (κ1) is 10.6. The zero-order valence-corrected chi connectivity index (χ0v) is 8.34. The topological polar surface area (TPSA) is 20.2 Å². The monoisotopic (exact) mass is 250 g/mol. The molecule has 0 saturated carbocycles. The lowest BCUT2D eigenvalue weighted by molar-refractivity contribution is -0.0904. The first-order chi connectivity index (χ1) is 6.08. The minimum Gasteiger partial charge on any atom is -0.382 e. The third-order valence-corrected chi connectivity index (χ3v) is 2.44. The molecule has 0 saturated heterocycles. The summed E-state index contributed by atoms with van der Waals surface area (Å²) in [5, 5.41) is 8.72. The van der Waals surface area contributed by atoms with E-state index in [0.29, 0.717) is 0 Å². The van der Waals surface area contributed by atoms with Gasteiger partial charge in [0, 0.05) is 0 Å². The number of aliphatic hydroxyl groups is 1. The summed E-state index contributed by atoms with van der Waals surface area (Å²) in [6.45, 7) is 0. The van der Waals surface area contributed by atoms with Crippen molar-refractivity contribution in [2.75, 3.05) is 5.33 Å². The van der Waals surface area contributed by atoms with E-state index in [2.05, 4.69) is 15.9 Å². The highest BCUT2D eigenvalue weighted by atomic mass is 79.9. The summed E-state index contributed by atoms with van der Waals surface area (Å²) in [5.74, 6) is -3.12. The van der Waals surface area contributed by atoms with Crippen LogP contribution < -0.4 is 0 Å². The van der Waals surface area contributed by atoms with E-state index in [1.807, 2.05) is 0 Å². The molecule has 0 radical (unpaired) electrons. The number of rotatable bonds is 3. The van der Waals surface area contributed by atoms with Crippen molar-refractivity contribution in [1.82, 2.24) is 0 Å². The van der Waals surface area contributed by atoms with Crippen LogP contribution in [0.5, 0.6) is 0 Å². The van der Waals surface area contributed by atoms with Crippen LogP contribution in [-0.4, -0.2) is 16.4 Å². The van der Waals surface area contributed by atoms with Gasteiger partial charge in [-0.25, -0.2) is 8.78 Å². The molecule has 1 nitrogen and oxygen atoms in total. The SMILES string of the molecule is OC(c1ccccc1)C(F)(F)CBr. The number of hydrogen-bond donors (Lipinski definition) is 1. The lowest BCUT2D eigenvalue weighted by Gasteiger charge is -2.20. The molecule has 0 aliphatic carbocycles. The van der Waals surface area contributed by atoms with E-state index in [4.69, 9.17) is 0 Å². The van der Waals surface area contributed by atoms with Crippen molar-refractivity contribution in [1.29, 1.82) is 0 Å². The zero-order valence-electron chi connectivity index (χ0n) is 6.75. The molecule has 0 bridgehead atoms. The zero-order chi connectivity index (χ0) is 9.90. The van der Waals surface area contributed by atoms with Gasteiger partial charge in [-0.2, -0.15) is 0 Å². The van der Waals surface area contributed by atoms with E-state index in [0.717, 1.165) is 0 Å². The fraction of sp³-hybridized carbons (Fsp3) is 0.333. The van der Waals surface area contributed by atoms with Crippen molar-refractivity contribution in [3.63, 3.8) is 0 Å². The molecule has 13 heavy (non-hydrogen) atoms. The highest BCUT2D eigenvalue weighted by molar-refractivity contribution is 9.09. The molecule has 1 N–H and O–H groups in total. The Bertz CT molecular complexity index is 264. The van der Waals surface area contributed by atoms with Gasteiger partial charge >= 0.3 is 0 Å². The maximum atomic E-state index is 12.9. The van der Waals surface area contributed by atoms with Crippen molar-refractivity contribution in [3.05, 3.63) is 35.9 Å². The molecule has 1 aromatic rings. The number of benzene rings is 1. The van der Waals surface area contributed by atoms with Crippen LogP contribution in [-0.2, 0) is 0 Å². The summed E-state index contributed by atoms with van der Waals surface area (Å²) >= 11 is 2.66. The van der Waals surface area contributed by atoms with Crippen molar-refractivity contribution in [2.24, 2.45) is 0 Å². The van der Waals surface area contributed by atoms with Gasteiger partial charge in [0.2, 0.25) is 0 Å². The molecule has 1 rings (SSSR count). The molecule has 1 aromatic carbocycles. The summed E-state index contributed by atoms with van der Waals surface area (Å²) in [7, 11) is 0. The summed E-state index contributed by atoms with van der Waals surface area (Å²) in [4.78, 5) is 0. The average molecular weight is 251 g/mol. The van der Waals surface area contributed by atoms with Gasteiger partial charge in [0.1, 0.15) is 6.10 Å². The number of alkyl halides is 3. The molecule has 0 heterocycles. The quantitative estimate of drug-likeness (QED) is 0.819. The normalized spacial score (nSPS) is 14.2. The highest BCUT2D eigenvalue weighted by Crippen LogP contribution is 2.32. The predicted molar refractivity (Wildman–Crippen MR) is 50.1 cm³/mol. The van der Waals surface area contributed by atoms with Crippen molar-refractivity contribution < 1.29 is 13.9 Å². The maximum Gasteiger partial charge on any atom is 0.287 e. The molecule has 0 aliphatic heterocycles. The highest BCUT2D eigenvalue weighted by Gasteiger charge is 2.37. The Hall–Kier alpha value is -0.480. The molecule has 1 unspecified atom stereocenters. The van der Waals surface area contributed by atoms with Crippen LogP contribution in [0.1, 0.15) is 11.7 Å². The van der Waals surface area contributed by atoms with Crippen LogP contribution in [0.2, 0.25) is 0 Å². The second-order valence-electron chi connectivity index (χ2n) is 2.71. The molecule has 0 aliphatic rings. The fourth-order valence-corrected chi connectivity index (χ4v) is 1.26. The minimum absolute atomic E-state index is 0.229. The fourth-order valence-electron chi connectivity index (χ4n) is 0.952. The van der Waals surface area contributed by atoms with E-state index in [1.165, 1.54) is 12.1 Å². The van der Waals surface area contributed by atoms with Gasteiger partial charge in [-0.05, 0) is 5.56 Å². The van der Waals surface area contributed by atoms with Crippen LogP contribution in [0.15, 0.2) is 30.3 Å². The van der Waals surface area contributed by atoms with Crippen LogP contribution in [0.4, 0.5) is 8.78 Å². The Balaban J connectivity index is 2.85. The Morgan fingerprint density at radius 2 is 1.85 bits per heavy atom. The van der Waals surface area contributed by atoms with E-state index < -0.39 is 17.4 Å². The second kappa shape index (κ2) is 4.15. The first-order valence-corrected chi connectivity index (χ1v) is 4.87. The van der Waals surface area contributed by atoms with Gasteiger partial charge in [0.15, 0.2) is 0 Å². The molecular weight excluding hydrogens is 242 g/mol. The lowest BCUT2D eigenvalue weighted by atomic mass is 10.1. The van der Waals surface area contributed by atoms with E-state index >= 15 is 0 Å². The molecule has 1 atom stereocenters. The Kier molecular flexibility index (Phi) is 3.39. The molecule has 0 aromatic heterocycles. The largest absolute Gasteiger partial charge is 0.382 e. The summed E-state index contributed by atoms with van der Waals surface area (Å²) in [5.41, 5.74) is 0.229. The number of halogens is 3. The van der Waals surface area contributed by atoms with E-state index in [1.54, 1.807) is 18.2 Å². The first-order valence-electron chi connectivity index (χ1n) is 3.75. The van der Waals surface area contributed by atoms with Gasteiger partial charge < -0.3 is 5.11 Å². The predicted octanol–water partition coefficient (Wildman–Crippen LogP) is 2.75. The van der Waals surface area contributed by atoms with Crippen molar-refractivity contribution in [3.8, 4) is 0 Å². The Morgan fingerprint density at radius 1 is 1.31 bits per heavy atom. The van der Waals surface area contributed by atoms with Crippen molar-refractivity contribution in [2.45, 2.75) is 12.0 Å². The van der Waals surface area contributed by atoms with Gasteiger partial charge in [0.05, 0.1) is 5.33 Å². The van der Waals surface area contributed by atoms with Gasteiger partial charge in [-0.1, -0.05) is 46.3 Å². The standard InChI is InChI=1S/C9H9BrF2O/c10-6-9(11,12)8(13)7-4-2-1-3-5-7/h1-5,8,13H,6H2. The number of aliphatic hydroxyl groups excluding tert-OH is 1. The molecule has 0 amide bonds. The molecular formula is C9H9BrF2O. The van der Waals surface area contributed by atoms with E-state index in [9.17, 15) is 13.9 Å². The third-order valence-electron chi connectivity index (χ3n) is 1.69. The summed E-state index contributed by atoms with van der Waals surface area (Å²) < 4.78 is 25.9. The van der Waals surface area contributed by atoms with Crippen molar-refractivity contribution >= 4 is 15.9 Å². The van der Waals surface area contributed by atoms with Gasteiger partial charge in [0.25, 0.3) is 5.92 Å². The smallest absolute Gasteiger partial charge is 0.287 e. The minimum atomic E-state index is -3.12. The number of hydrogen-bond acceptors (Lipinski definition) is 1. The van der Waals surface area contributed by atoms with Gasteiger partial charge in [-0.3, -0.25) is 0 Å². The summed E-state index contributed by atoms with van der Waals surface area (Å²) in [6.07, 6.45) is -1.74. The average Bonchev–Trinajstić information content (AvgIpc) is 2.18. The van der Waals surface area contributed by atoms with Crippen LogP contribution >= 0.6 is 15.9 Å².